The summed E-state index contributed by atoms with van der Waals surface area (Å²) in [5.41, 5.74) is 9.51. The Hall–Kier alpha value is -2.43. The molecule has 0 saturated carbocycles. The zero-order chi connectivity index (χ0) is 15.1. The SMILES string of the molecule is NC(=O)c1cc2c(nc1N1CC(c3ccccn3)C1)CCC2. The van der Waals surface area contributed by atoms with Crippen molar-refractivity contribution in [2.24, 2.45) is 5.73 Å². The Balaban J connectivity index is 1.60. The predicted molar refractivity (Wildman–Crippen MR) is 84.0 cm³/mol. The van der Waals surface area contributed by atoms with Crippen molar-refractivity contribution < 1.29 is 4.79 Å². The first-order valence-electron chi connectivity index (χ1n) is 7.71. The lowest BCUT2D eigenvalue weighted by molar-refractivity contribution is 0.1000. The van der Waals surface area contributed by atoms with Gasteiger partial charge in [-0.3, -0.25) is 9.78 Å². The van der Waals surface area contributed by atoms with Gasteiger partial charge in [0, 0.05) is 36.6 Å². The molecule has 2 aromatic heterocycles. The smallest absolute Gasteiger partial charge is 0.252 e. The van der Waals surface area contributed by atoms with E-state index in [9.17, 15) is 4.79 Å². The number of amides is 1. The van der Waals surface area contributed by atoms with E-state index in [0.717, 1.165) is 49.6 Å². The van der Waals surface area contributed by atoms with Crippen molar-refractivity contribution in [3.63, 3.8) is 0 Å². The van der Waals surface area contributed by atoms with E-state index >= 15 is 0 Å². The van der Waals surface area contributed by atoms with E-state index in [0.29, 0.717) is 11.5 Å². The number of hydrogen-bond donors (Lipinski definition) is 1. The molecule has 2 N–H and O–H groups in total. The Bertz CT molecular complexity index is 723. The number of carbonyl (C=O) groups is 1. The lowest BCUT2D eigenvalue weighted by atomic mass is 9.95. The van der Waals surface area contributed by atoms with Gasteiger partial charge in [-0.15, -0.1) is 0 Å². The zero-order valence-corrected chi connectivity index (χ0v) is 12.3. The lowest BCUT2D eigenvalue weighted by Gasteiger charge is -2.40. The molecule has 0 spiro atoms. The molecule has 0 unspecified atom stereocenters. The molecule has 5 heteroatoms. The first-order chi connectivity index (χ1) is 10.7. The highest BCUT2D eigenvalue weighted by Gasteiger charge is 2.33. The summed E-state index contributed by atoms with van der Waals surface area (Å²) in [6.45, 7) is 1.67. The lowest BCUT2D eigenvalue weighted by Crippen LogP contribution is -2.46. The minimum atomic E-state index is -0.390. The predicted octanol–water partition coefficient (Wildman–Crippen LogP) is 1.67. The fourth-order valence-electron chi connectivity index (χ4n) is 3.34. The summed E-state index contributed by atoms with van der Waals surface area (Å²) in [4.78, 5) is 23.0. The number of primary amides is 1. The normalized spacial score (nSPS) is 17.2. The molecular weight excluding hydrogens is 276 g/mol. The summed E-state index contributed by atoms with van der Waals surface area (Å²) in [5, 5.41) is 0. The number of aryl methyl sites for hydroxylation is 2. The summed E-state index contributed by atoms with van der Waals surface area (Å²) in [7, 11) is 0. The quantitative estimate of drug-likeness (QED) is 0.934. The van der Waals surface area contributed by atoms with Gasteiger partial charge in [0.2, 0.25) is 0 Å². The van der Waals surface area contributed by atoms with Crippen LogP contribution in [0, 0.1) is 0 Å². The summed E-state index contributed by atoms with van der Waals surface area (Å²) < 4.78 is 0. The Morgan fingerprint density at radius 1 is 1.27 bits per heavy atom. The second-order valence-electron chi connectivity index (χ2n) is 6.04. The van der Waals surface area contributed by atoms with Gasteiger partial charge in [0.25, 0.3) is 5.91 Å². The minimum absolute atomic E-state index is 0.390. The maximum Gasteiger partial charge on any atom is 0.252 e. The van der Waals surface area contributed by atoms with Crippen molar-refractivity contribution in [1.29, 1.82) is 0 Å². The van der Waals surface area contributed by atoms with Crippen LogP contribution in [0.15, 0.2) is 30.5 Å². The highest BCUT2D eigenvalue weighted by Crippen LogP contribution is 2.34. The molecule has 0 aromatic carbocycles. The van der Waals surface area contributed by atoms with Crippen LogP contribution in [0.25, 0.3) is 0 Å². The van der Waals surface area contributed by atoms with Crippen LogP contribution < -0.4 is 10.6 Å². The third kappa shape index (κ3) is 2.13. The van der Waals surface area contributed by atoms with E-state index in [1.54, 1.807) is 0 Å². The Kier molecular flexibility index (Phi) is 3.06. The van der Waals surface area contributed by atoms with Crippen molar-refractivity contribution >= 4 is 11.7 Å². The van der Waals surface area contributed by atoms with Crippen LogP contribution in [0.5, 0.6) is 0 Å². The fraction of sp³-hybridized carbons (Fsp3) is 0.353. The number of aromatic nitrogens is 2. The molecule has 2 aromatic rings. The van der Waals surface area contributed by atoms with Crippen LogP contribution in [0.3, 0.4) is 0 Å². The highest BCUT2D eigenvalue weighted by atomic mass is 16.1. The number of anilines is 1. The van der Waals surface area contributed by atoms with E-state index in [1.807, 2.05) is 30.5 Å². The molecule has 2 aliphatic rings. The molecule has 1 fully saturated rings. The number of rotatable bonds is 3. The molecule has 0 bridgehead atoms. The van der Waals surface area contributed by atoms with Crippen molar-refractivity contribution in [2.45, 2.75) is 25.2 Å². The molecule has 1 saturated heterocycles. The Labute approximate surface area is 129 Å². The Morgan fingerprint density at radius 3 is 2.86 bits per heavy atom. The van der Waals surface area contributed by atoms with Crippen molar-refractivity contribution in [2.75, 3.05) is 18.0 Å². The van der Waals surface area contributed by atoms with Gasteiger partial charge >= 0.3 is 0 Å². The molecule has 3 heterocycles. The second-order valence-corrected chi connectivity index (χ2v) is 6.04. The van der Waals surface area contributed by atoms with Crippen LogP contribution in [-0.2, 0) is 12.8 Å². The summed E-state index contributed by atoms with van der Waals surface area (Å²) in [6, 6.07) is 7.93. The first kappa shape index (κ1) is 13.2. The van der Waals surface area contributed by atoms with E-state index in [4.69, 9.17) is 10.7 Å². The van der Waals surface area contributed by atoms with Gasteiger partial charge in [-0.25, -0.2) is 4.98 Å². The van der Waals surface area contributed by atoms with Gasteiger partial charge in [0.05, 0.1) is 5.56 Å². The van der Waals surface area contributed by atoms with Crippen molar-refractivity contribution in [1.82, 2.24) is 9.97 Å². The largest absolute Gasteiger partial charge is 0.365 e. The number of carbonyl (C=O) groups excluding carboxylic acids is 1. The number of nitrogens with zero attached hydrogens (tertiary/aromatic N) is 3. The number of fused-ring (bicyclic) bond motifs is 1. The summed E-state index contributed by atoms with van der Waals surface area (Å²) >= 11 is 0. The molecule has 22 heavy (non-hydrogen) atoms. The maximum atomic E-state index is 11.8. The highest BCUT2D eigenvalue weighted by molar-refractivity contribution is 5.98. The zero-order valence-electron chi connectivity index (χ0n) is 12.3. The number of nitrogens with two attached hydrogens (primary N) is 1. The standard InChI is InChI=1S/C17H18N4O/c18-16(22)13-8-11-4-3-6-15(11)20-17(13)21-9-12(10-21)14-5-1-2-7-19-14/h1-2,5,7-8,12H,3-4,6,9-10H2,(H2,18,22). The van der Waals surface area contributed by atoms with Crippen LogP contribution in [0.2, 0.25) is 0 Å². The molecule has 112 valence electrons. The maximum absolute atomic E-state index is 11.8. The van der Waals surface area contributed by atoms with Gasteiger partial charge in [-0.05, 0) is 43.0 Å². The summed E-state index contributed by atoms with van der Waals surface area (Å²) in [5.74, 6) is 0.760. The minimum Gasteiger partial charge on any atom is -0.365 e. The van der Waals surface area contributed by atoms with E-state index in [2.05, 4.69) is 9.88 Å². The topological polar surface area (TPSA) is 72.1 Å². The average molecular weight is 294 g/mol. The molecule has 1 aliphatic carbocycles. The third-order valence-electron chi connectivity index (χ3n) is 4.58. The monoisotopic (exact) mass is 294 g/mol. The molecule has 0 radical (unpaired) electrons. The molecule has 5 nitrogen and oxygen atoms in total. The fourth-order valence-corrected chi connectivity index (χ4v) is 3.34. The van der Waals surface area contributed by atoms with Gasteiger partial charge in [0.1, 0.15) is 5.82 Å². The first-order valence-corrected chi connectivity index (χ1v) is 7.71. The molecule has 1 aliphatic heterocycles. The number of pyridine rings is 2. The molecule has 4 rings (SSSR count). The molecule has 1 amide bonds. The average Bonchev–Trinajstić information content (AvgIpc) is 2.93. The van der Waals surface area contributed by atoms with Crippen molar-refractivity contribution in [3.8, 4) is 0 Å². The van der Waals surface area contributed by atoms with Crippen LogP contribution in [0.1, 0.15) is 39.6 Å². The summed E-state index contributed by atoms with van der Waals surface area (Å²) in [6.07, 6.45) is 4.93. The Morgan fingerprint density at radius 2 is 2.14 bits per heavy atom. The van der Waals surface area contributed by atoms with Crippen molar-refractivity contribution in [3.05, 3.63) is 53.0 Å². The number of hydrogen-bond acceptors (Lipinski definition) is 4. The van der Waals surface area contributed by atoms with Gasteiger partial charge < -0.3 is 10.6 Å². The second kappa shape index (κ2) is 5.09. The van der Waals surface area contributed by atoms with Crippen LogP contribution >= 0.6 is 0 Å². The third-order valence-corrected chi connectivity index (χ3v) is 4.58. The van der Waals surface area contributed by atoms with Gasteiger partial charge in [0.15, 0.2) is 0 Å². The van der Waals surface area contributed by atoms with E-state index in [-0.39, 0.29) is 0 Å². The molecule has 0 atom stereocenters. The van der Waals surface area contributed by atoms with Gasteiger partial charge in [-0.1, -0.05) is 6.07 Å². The van der Waals surface area contributed by atoms with Crippen LogP contribution in [0.4, 0.5) is 5.82 Å². The van der Waals surface area contributed by atoms with Gasteiger partial charge in [-0.2, -0.15) is 0 Å². The molecular formula is C17H18N4O. The van der Waals surface area contributed by atoms with E-state index in [1.165, 1.54) is 5.56 Å². The van der Waals surface area contributed by atoms with E-state index < -0.39 is 5.91 Å². The van der Waals surface area contributed by atoms with Crippen LogP contribution in [-0.4, -0.2) is 29.0 Å².